The Bertz CT molecular complexity index is 395. The van der Waals surface area contributed by atoms with E-state index in [1.165, 1.54) is 0 Å². The lowest BCUT2D eigenvalue weighted by Gasteiger charge is -2.06. The third-order valence-corrected chi connectivity index (χ3v) is 2.56. The molecular weight excluding hydrogens is 216 g/mol. The number of hydrogen-bond acceptors (Lipinski definition) is 4. The molecule has 1 amide bonds. The molecule has 5 nitrogen and oxygen atoms in total. The van der Waals surface area contributed by atoms with Gasteiger partial charge in [0.15, 0.2) is 0 Å². The largest absolute Gasteiger partial charge is 0.354 e. The zero-order valence-electron chi connectivity index (χ0n) is 10.3. The lowest BCUT2D eigenvalue weighted by Crippen LogP contribution is -2.27. The number of carbonyl (C=O) groups is 1. The van der Waals surface area contributed by atoms with E-state index < -0.39 is 0 Å². The Morgan fingerprint density at radius 3 is 2.59 bits per heavy atom. The molecule has 2 N–H and O–H groups in total. The fourth-order valence-corrected chi connectivity index (χ4v) is 1.62. The van der Waals surface area contributed by atoms with E-state index in [2.05, 4.69) is 20.6 Å². The van der Waals surface area contributed by atoms with Crippen molar-refractivity contribution in [3.63, 3.8) is 0 Å². The first-order valence-electron chi connectivity index (χ1n) is 5.99. The van der Waals surface area contributed by atoms with Crippen molar-refractivity contribution < 1.29 is 4.79 Å². The molecule has 1 aromatic heterocycles. The topological polar surface area (TPSA) is 66.9 Å². The minimum atomic E-state index is 0.101. The normalized spacial score (nSPS) is 14.5. The van der Waals surface area contributed by atoms with Crippen LogP contribution in [0.5, 0.6) is 0 Å². The second-order valence-electron chi connectivity index (χ2n) is 4.49. The predicted molar refractivity (Wildman–Crippen MR) is 65.8 cm³/mol. The molecule has 0 atom stereocenters. The van der Waals surface area contributed by atoms with Crippen LogP contribution in [0.1, 0.15) is 30.7 Å². The highest BCUT2D eigenvalue weighted by molar-refractivity contribution is 5.77. The molecule has 5 heteroatoms. The summed E-state index contributed by atoms with van der Waals surface area (Å²) >= 11 is 0. The van der Waals surface area contributed by atoms with Crippen LogP contribution in [0.2, 0.25) is 0 Å². The number of nitrogens with zero attached hydrogens (tertiary/aromatic N) is 2. The van der Waals surface area contributed by atoms with Gasteiger partial charge in [-0.25, -0.2) is 9.97 Å². The Hall–Kier alpha value is -1.65. The molecule has 1 saturated carbocycles. The summed E-state index contributed by atoms with van der Waals surface area (Å²) in [7, 11) is 0. The Kier molecular flexibility index (Phi) is 3.56. The smallest absolute Gasteiger partial charge is 0.223 e. The second kappa shape index (κ2) is 5.12. The average molecular weight is 234 g/mol. The van der Waals surface area contributed by atoms with Crippen LogP contribution < -0.4 is 10.6 Å². The summed E-state index contributed by atoms with van der Waals surface area (Å²) in [6, 6.07) is 2.35. The van der Waals surface area contributed by atoms with Crippen LogP contribution in [0.25, 0.3) is 0 Å². The van der Waals surface area contributed by atoms with Crippen LogP contribution in [-0.2, 0) is 4.79 Å². The van der Waals surface area contributed by atoms with Gasteiger partial charge in [0.1, 0.15) is 0 Å². The van der Waals surface area contributed by atoms with Crippen LogP contribution in [0, 0.1) is 13.8 Å². The van der Waals surface area contributed by atoms with Crippen molar-refractivity contribution in [1.29, 1.82) is 0 Å². The lowest BCUT2D eigenvalue weighted by atomic mass is 10.3. The van der Waals surface area contributed by atoms with Gasteiger partial charge in [-0.1, -0.05) is 0 Å². The molecule has 0 aromatic carbocycles. The summed E-state index contributed by atoms with van der Waals surface area (Å²) in [5, 5.41) is 6.01. The number of aryl methyl sites for hydroxylation is 2. The van der Waals surface area contributed by atoms with Crippen molar-refractivity contribution >= 4 is 11.9 Å². The van der Waals surface area contributed by atoms with Gasteiger partial charge in [-0.15, -0.1) is 0 Å². The quantitative estimate of drug-likeness (QED) is 0.802. The molecule has 0 aliphatic heterocycles. The van der Waals surface area contributed by atoms with E-state index in [0.29, 0.717) is 25.0 Å². The van der Waals surface area contributed by atoms with Crippen molar-refractivity contribution in [2.75, 3.05) is 11.9 Å². The van der Waals surface area contributed by atoms with Gasteiger partial charge in [-0.3, -0.25) is 4.79 Å². The van der Waals surface area contributed by atoms with E-state index in [1.807, 2.05) is 19.9 Å². The summed E-state index contributed by atoms with van der Waals surface area (Å²) in [5.74, 6) is 0.700. The van der Waals surface area contributed by atoms with E-state index in [0.717, 1.165) is 24.2 Å². The van der Waals surface area contributed by atoms with Gasteiger partial charge in [-0.2, -0.15) is 0 Å². The molecule has 0 saturated heterocycles. The Morgan fingerprint density at radius 1 is 1.35 bits per heavy atom. The maximum Gasteiger partial charge on any atom is 0.223 e. The first kappa shape index (κ1) is 11.8. The molecule has 1 aliphatic carbocycles. The third-order valence-electron chi connectivity index (χ3n) is 2.56. The summed E-state index contributed by atoms with van der Waals surface area (Å²) in [5.41, 5.74) is 1.87. The minimum absolute atomic E-state index is 0.101. The molecule has 92 valence electrons. The van der Waals surface area contributed by atoms with Crippen LogP contribution >= 0.6 is 0 Å². The fraction of sp³-hybridized carbons (Fsp3) is 0.583. The molecule has 1 fully saturated rings. The molecule has 0 radical (unpaired) electrons. The maximum absolute atomic E-state index is 11.4. The van der Waals surface area contributed by atoms with Crippen molar-refractivity contribution in [1.82, 2.24) is 15.3 Å². The Labute approximate surface area is 101 Å². The zero-order chi connectivity index (χ0) is 12.3. The molecule has 1 heterocycles. The third kappa shape index (κ3) is 4.01. The molecular formula is C12H18N4O. The van der Waals surface area contributed by atoms with Crippen LogP contribution in [-0.4, -0.2) is 28.5 Å². The molecule has 1 aromatic rings. The Balaban J connectivity index is 1.74. The second-order valence-corrected chi connectivity index (χ2v) is 4.49. The van der Waals surface area contributed by atoms with E-state index in [4.69, 9.17) is 0 Å². The van der Waals surface area contributed by atoms with Crippen molar-refractivity contribution in [2.24, 2.45) is 0 Å². The van der Waals surface area contributed by atoms with Crippen molar-refractivity contribution in [3.05, 3.63) is 17.5 Å². The number of nitrogens with one attached hydrogen (secondary N) is 2. The van der Waals surface area contributed by atoms with E-state index >= 15 is 0 Å². The van der Waals surface area contributed by atoms with Gasteiger partial charge in [0.2, 0.25) is 11.9 Å². The predicted octanol–water partition coefficient (Wildman–Crippen LogP) is 1.17. The molecule has 0 spiro atoms. The van der Waals surface area contributed by atoms with Crippen LogP contribution in [0.15, 0.2) is 6.07 Å². The summed E-state index contributed by atoms with van der Waals surface area (Å²) in [4.78, 5) is 19.9. The van der Waals surface area contributed by atoms with Gasteiger partial charge in [0, 0.05) is 30.4 Å². The van der Waals surface area contributed by atoms with E-state index in [1.54, 1.807) is 0 Å². The highest BCUT2D eigenvalue weighted by Gasteiger charge is 2.22. The van der Waals surface area contributed by atoms with E-state index in [-0.39, 0.29) is 5.91 Å². The molecule has 17 heavy (non-hydrogen) atoms. The maximum atomic E-state index is 11.4. The van der Waals surface area contributed by atoms with Gasteiger partial charge in [0.05, 0.1) is 0 Å². The van der Waals surface area contributed by atoms with Gasteiger partial charge in [-0.05, 0) is 32.8 Å². The van der Waals surface area contributed by atoms with E-state index in [9.17, 15) is 4.79 Å². The standard InChI is InChI=1S/C12H18N4O/c1-8-7-9(2)15-12(14-8)13-6-5-11(17)16-10-3-4-10/h7,10H,3-6H2,1-2H3,(H,16,17)(H,13,14,15). The zero-order valence-corrected chi connectivity index (χ0v) is 10.3. The van der Waals surface area contributed by atoms with Crippen molar-refractivity contribution in [3.8, 4) is 0 Å². The number of aromatic nitrogens is 2. The number of amides is 1. The summed E-state index contributed by atoms with van der Waals surface area (Å²) in [6.07, 6.45) is 2.71. The summed E-state index contributed by atoms with van der Waals surface area (Å²) in [6.45, 7) is 4.43. The van der Waals surface area contributed by atoms with Crippen LogP contribution in [0.4, 0.5) is 5.95 Å². The first-order chi connectivity index (χ1) is 8.13. The highest BCUT2D eigenvalue weighted by atomic mass is 16.1. The lowest BCUT2D eigenvalue weighted by molar-refractivity contribution is -0.120. The molecule has 1 aliphatic rings. The molecule has 0 unspecified atom stereocenters. The van der Waals surface area contributed by atoms with Crippen molar-refractivity contribution in [2.45, 2.75) is 39.2 Å². The summed E-state index contributed by atoms with van der Waals surface area (Å²) < 4.78 is 0. The Morgan fingerprint density at radius 2 is 2.00 bits per heavy atom. The monoisotopic (exact) mass is 234 g/mol. The molecule has 0 bridgehead atoms. The van der Waals surface area contributed by atoms with Gasteiger partial charge < -0.3 is 10.6 Å². The number of anilines is 1. The fourth-order valence-electron chi connectivity index (χ4n) is 1.62. The minimum Gasteiger partial charge on any atom is -0.354 e. The van der Waals surface area contributed by atoms with Gasteiger partial charge in [0.25, 0.3) is 0 Å². The number of rotatable bonds is 5. The average Bonchev–Trinajstić information content (AvgIpc) is 3.00. The first-order valence-corrected chi connectivity index (χ1v) is 5.99. The van der Waals surface area contributed by atoms with Gasteiger partial charge >= 0.3 is 0 Å². The molecule has 2 rings (SSSR count). The van der Waals surface area contributed by atoms with Crippen LogP contribution in [0.3, 0.4) is 0 Å². The SMILES string of the molecule is Cc1cc(C)nc(NCCC(=O)NC2CC2)n1. The number of carbonyl (C=O) groups excluding carboxylic acids is 1. The number of hydrogen-bond donors (Lipinski definition) is 2. The highest BCUT2D eigenvalue weighted by Crippen LogP contribution is 2.18.